The van der Waals surface area contributed by atoms with Gasteiger partial charge in [0, 0.05) is 74.0 Å². The summed E-state index contributed by atoms with van der Waals surface area (Å²) in [4.78, 5) is 38.9. The van der Waals surface area contributed by atoms with Crippen LogP contribution in [0.5, 0.6) is 0 Å². The summed E-state index contributed by atoms with van der Waals surface area (Å²) in [5, 5.41) is 61.1. The number of rotatable bonds is 20. The van der Waals surface area contributed by atoms with Crippen LogP contribution in [0.3, 0.4) is 0 Å². The number of aromatic nitrogens is 4. The van der Waals surface area contributed by atoms with Crippen LogP contribution in [0.15, 0.2) is 60.7 Å². The molecule has 2 aromatic carbocycles. The summed E-state index contributed by atoms with van der Waals surface area (Å²) < 4.78 is 77.1. The van der Waals surface area contributed by atoms with E-state index in [2.05, 4.69) is 19.9 Å². The average Bonchev–Trinajstić information content (AvgIpc) is 3.20. The maximum absolute atomic E-state index is 13.5. The molecule has 360 valence electrons. The van der Waals surface area contributed by atoms with E-state index in [9.17, 15) is 65.8 Å². The largest absolute Gasteiger partial charge is 2.00 e. The van der Waals surface area contributed by atoms with E-state index in [0.717, 1.165) is 21.1 Å². The molecule has 23 heteroatoms. The van der Waals surface area contributed by atoms with E-state index >= 15 is 0 Å². The Hall–Kier alpha value is -4.52. The second-order valence-electron chi connectivity index (χ2n) is 15.9. The molecule has 0 amide bonds. The second kappa shape index (κ2) is 25.7. The molecule has 0 radical (unpaired) electrons. The van der Waals surface area contributed by atoms with Crippen LogP contribution >= 0.6 is 0 Å². The van der Waals surface area contributed by atoms with Gasteiger partial charge in [-0.15, -0.1) is 0 Å². The van der Waals surface area contributed by atoms with Crippen LogP contribution in [0.2, 0.25) is 0 Å². The van der Waals surface area contributed by atoms with Crippen molar-refractivity contribution in [2.45, 2.75) is 89.6 Å². The van der Waals surface area contributed by atoms with Crippen molar-refractivity contribution in [1.82, 2.24) is 19.9 Å². The summed E-state index contributed by atoms with van der Waals surface area (Å²) in [6.07, 6.45) is 1.16. The molecule has 4 atom stereocenters. The normalized spacial score (nSPS) is 13.7. The van der Waals surface area contributed by atoms with Crippen LogP contribution in [-0.4, -0.2) is 158 Å². The van der Waals surface area contributed by atoms with E-state index in [-0.39, 0.29) is 74.3 Å². The van der Waals surface area contributed by atoms with Crippen molar-refractivity contribution < 1.29 is 65.8 Å². The Labute approximate surface area is 418 Å². The molecule has 4 N–H and O–H groups in total. The number of aliphatic hydroxyl groups is 4. The molecular formula is C44H54CaF2N6O12S2. The van der Waals surface area contributed by atoms with Crippen LogP contribution in [0.25, 0.3) is 34.7 Å². The number of sulfonamides is 2. The van der Waals surface area contributed by atoms with Gasteiger partial charge in [-0.05, 0) is 60.4 Å². The summed E-state index contributed by atoms with van der Waals surface area (Å²) in [5.41, 5.74) is 3.52. The topological polar surface area (TPSA) is 287 Å². The number of halogens is 2. The van der Waals surface area contributed by atoms with Crippen molar-refractivity contribution in [3.8, 4) is 22.5 Å². The maximum Gasteiger partial charge on any atom is 2.00 e. The minimum Gasteiger partial charge on any atom is -0.550 e. The summed E-state index contributed by atoms with van der Waals surface area (Å²) >= 11 is 0. The van der Waals surface area contributed by atoms with Gasteiger partial charge in [0.1, 0.15) is 11.6 Å². The second-order valence-corrected chi connectivity index (χ2v) is 19.9. The van der Waals surface area contributed by atoms with Gasteiger partial charge in [0.2, 0.25) is 31.9 Å². The minimum absolute atomic E-state index is 0. The number of anilines is 2. The van der Waals surface area contributed by atoms with Crippen molar-refractivity contribution in [2.24, 2.45) is 0 Å². The number of nitrogens with zero attached hydrogens (tertiary/aromatic N) is 6. The fourth-order valence-electron chi connectivity index (χ4n) is 6.07. The van der Waals surface area contributed by atoms with E-state index in [0.29, 0.717) is 45.0 Å². The molecule has 18 nitrogen and oxygen atoms in total. The zero-order chi connectivity index (χ0) is 49.8. The summed E-state index contributed by atoms with van der Waals surface area (Å²) in [5.74, 6) is -4.28. The standard InChI is InChI=1S/2C22H28FN3O6S.Ca/c2*1-13(2)20-18(10-9-16(27)11-17(28)12-19(29)30)21(14-5-7-15(23)8-6-14)25-22(24-20)26(3)33(4,31)32;/h2*5-10,13,16-17,27-28H,11-12H2,1-4H3,(H,29,30);/q;;+2/p-2/b2*10-9+;. The number of hydrogen-bond donors (Lipinski definition) is 4. The van der Waals surface area contributed by atoms with Crippen molar-refractivity contribution in [1.29, 1.82) is 0 Å². The summed E-state index contributed by atoms with van der Waals surface area (Å²) in [6.45, 7) is 7.38. The predicted molar refractivity (Wildman–Crippen MR) is 246 cm³/mol. The van der Waals surface area contributed by atoms with E-state index in [4.69, 9.17) is 0 Å². The molecule has 4 aromatic rings. The molecule has 0 saturated heterocycles. The van der Waals surface area contributed by atoms with Gasteiger partial charge >= 0.3 is 37.7 Å². The van der Waals surface area contributed by atoms with Gasteiger partial charge in [-0.2, -0.15) is 0 Å². The number of carbonyl (C=O) groups excluding carboxylic acids is 2. The molecule has 0 spiro atoms. The van der Waals surface area contributed by atoms with Crippen molar-refractivity contribution in [3.63, 3.8) is 0 Å². The third-order valence-electron chi connectivity index (χ3n) is 9.62. The van der Waals surface area contributed by atoms with Gasteiger partial charge in [0.05, 0.1) is 59.7 Å². The molecule has 0 saturated carbocycles. The Balaban J connectivity index is 0.000000453. The van der Waals surface area contributed by atoms with Crippen LogP contribution in [0.4, 0.5) is 20.7 Å². The van der Waals surface area contributed by atoms with Gasteiger partial charge in [-0.3, -0.25) is 0 Å². The number of aliphatic hydroxyl groups excluding tert-OH is 4. The Bertz CT molecular complexity index is 2430. The Morgan fingerprint density at radius 1 is 0.612 bits per heavy atom. The van der Waals surface area contributed by atoms with Gasteiger partial charge in [0.25, 0.3) is 0 Å². The number of carbonyl (C=O) groups is 2. The number of aliphatic carboxylic acids is 2. The first-order valence-electron chi connectivity index (χ1n) is 20.3. The third-order valence-corrected chi connectivity index (χ3v) is 11.9. The fraction of sp³-hybridized carbons (Fsp3) is 0.409. The Morgan fingerprint density at radius 3 is 1.16 bits per heavy atom. The quantitative estimate of drug-likeness (QED) is 0.0918. The summed E-state index contributed by atoms with van der Waals surface area (Å²) in [6, 6.07) is 10.9. The van der Waals surface area contributed by atoms with Gasteiger partial charge < -0.3 is 40.2 Å². The van der Waals surface area contributed by atoms with Crippen molar-refractivity contribution in [2.75, 3.05) is 35.2 Å². The van der Waals surface area contributed by atoms with E-state index in [1.807, 2.05) is 27.7 Å². The van der Waals surface area contributed by atoms with Gasteiger partial charge in [-0.25, -0.2) is 54.2 Å². The molecule has 4 rings (SSSR count). The molecule has 0 bridgehead atoms. The zero-order valence-corrected chi connectivity index (χ0v) is 42.1. The smallest absolute Gasteiger partial charge is 0.550 e. The molecule has 0 aliphatic rings. The molecular weight excluding hydrogens is 947 g/mol. The SMILES string of the molecule is CC(C)c1nc(N(C)S(C)(=O)=O)nc(-c2ccc(F)cc2)c1/C=C/C(O)CC(O)CC(=O)[O-].CC(C)c1nc(N(C)S(C)(=O)=O)nc(-c2ccc(F)cc2)c1/C=C/C(O)CC(O)CC(=O)[O-].[Ca+2]. The predicted octanol–water partition coefficient (Wildman–Crippen LogP) is 1.75. The molecule has 0 aliphatic carbocycles. The van der Waals surface area contributed by atoms with Crippen LogP contribution in [0, 0.1) is 11.6 Å². The zero-order valence-electron chi connectivity index (χ0n) is 38.2. The fourth-order valence-corrected chi connectivity index (χ4v) is 6.83. The number of carboxylic acid groups (broad SMARTS) is 2. The molecule has 4 unspecified atom stereocenters. The number of hydrogen-bond acceptors (Lipinski definition) is 16. The average molecular weight is 1000 g/mol. The Kier molecular flexibility index (Phi) is 22.5. The number of carboxylic acids is 2. The number of benzene rings is 2. The first kappa shape index (κ1) is 58.6. The molecule has 2 aromatic heterocycles. The van der Waals surface area contributed by atoms with Crippen LogP contribution in [-0.2, 0) is 29.6 Å². The first-order valence-corrected chi connectivity index (χ1v) is 24.0. The molecule has 2 heterocycles. The van der Waals surface area contributed by atoms with E-state index in [1.165, 1.54) is 86.9 Å². The molecule has 67 heavy (non-hydrogen) atoms. The maximum atomic E-state index is 13.5. The molecule has 0 fully saturated rings. The van der Waals surface area contributed by atoms with E-state index < -0.39 is 80.9 Å². The van der Waals surface area contributed by atoms with E-state index in [1.54, 1.807) is 0 Å². The first-order chi connectivity index (χ1) is 30.6. The third kappa shape index (κ3) is 18.1. The summed E-state index contributed by atoms with van der Waals surface area (Å²) in [7, 11) is -4.67. The van der Waals surface area contributed by atoms with Crippen molar-refractivity contribution >= 4 is 93.8 Å². The van der Waals surface area contributed by atoms with Gasteiger partial charge in [0.15, 0.2) is 0 Å². The minimum atomic E-state index is -3.66. The van der Waals surface area contributed by atoms with Gasteiger partial charge in [-0.1, -0.05) is 52.0 Å². The van der Waals surface area contributed by atoms with Crippen molar-refractivity contribution in [3.05, 3.63) is 94.8 Å². The monoisotopic (exact) mass is 1000 g/mol. The van der Waals surface area contributed by atoms with Crippen LogP contribution < -0.4 is 18.8 Å². The Morgan fingerprint density at radius 2 is 0.910 bits per heavy atom. The molecule has 0 aliphatic heterocycles. The van der Waals surface area contributed by atoms with Crippen LogP contribution in [0.1, 0.15) is 87.7 Å².